The van der Waals surface area contributed by atoms with Crippen molar-refractivity contribution in [2.45, 2.75) is 19.3 Å². The normalized spacial score (nSPS) is 13.5. The van der Waals surface area contributed by atoms with E-state index < -0.39 is 0 Å². The number of rotatable bonds is 2. The quantitative estimate of drug-likeness (QED) is 0.174. The molecule has 238 valence electrons. The number of hydrogen-bond donors (Lipinski definition) is 0. The molecule has 0 bridgehead atoms. The lowest BCUT2D eigenvalue weighted by molar-refractivity contribution is 0.661. The Hall–Kier alpha value is -6.38. The van der Waals surface area contributed by atoms with Crippen LogP contribution in [0.3, 0.4) is 0 Å². The number of nitrogens with zero attached hydrogens (tertiary/aromatic N) is 2. The first-order chi connectivity index (χ1) is 25.0. The zero-order valence-electron chi connectivity index (χ0n) is 28.4. The number of pyridine rings is 2. The molecule has 11 rings (SSSR count). The average Bonchev–Trinajstić information content (AvgIpc) is 3.42. The number of aromatic nitrogens is 2. The van der Waals surface area contributed by atoms with Gasteiger partial charge in [0.1, 0.15) is 0 Å². The Balaban J connectivity index is 1.01. The van der Waals surface area contributed by atoms with Crippen LogP contribution in [0.1, 0.15) is 25.0 Å². The molecular formula is C49H32N2. The Morgan fingerprint density at radius 2 is 0.882 bits per heavy atom. The van der Waals surface area contributed by atoms with Gasteiger partial charge >= 0.3 is 0 Å². The van der Waals surface area contributed by atoms with Crippen LogP contribution in [0.25, 0.3) is 98.4 Å². The van der Waals surface area contributed by atoms with Crippen LogP contribution in [-0.2, 0) is 5.41 Å². The Labute approximate surface area is 295 Å². The molecule has 1 aliphatic carbocycles. The Morgan fingerprint density at radius 3 is 1.55 bits per heavy atom. The van der Waals surface area contributed by atoms with Crippen molar-refractivity contribution in [1.82, 2.24) is 9.97 Å². The summed E-state index contributed by atoms with van der Waals surface area (Å²) in [5, 5.41) is 12.6. The highest BCUT2D eigenvalue weighted by Gasteiger charge is 2.36. The lowest BCUT2D eigenvalue weighted by Crippen LogP contribution is -2.15. The molecule has 0 aliphatic heterocycles. The topological polar surface area (TPSA) is 25.8 Å². The Kier molecular flexibility index (Phi) is 5.76. The summed E-state index contributed by atoms with van der Waals surface area (Å²) < 4.78 is 0. The van der Waals surface area contributed by atoms with E-state index in [0.29, 0.717) is 0 Å². The van der Waals surface area contributed by atoms with Crippen molar-refractivity contribution in [2.75, 3.05) is 0 Å². The molecule has 8 aromatic carbocycles. The van der Waals surface area contributed by atoms with E-state index in [9.17, 15) is 0 Å². The Bertz CT molecular complexity index is 3060. The third-order valence-corrected chi connectivity index (χ3v) is 11.5. The summed E-state index contributed by atoms with van der Waals surface area (Å²) in [5.74, 6) is 0. The molecule has 2 aromatic heterocycles. The maximum absolute atomic E-state index is 5.21. The van der Waals surface area contributed by atoms with E-state index in [0.717, 1.165) is 33.1 Å². The minimum atomic E-state index is -0.127. The van der Waals surface area contributed by atoms with Crippen LogP contribution >= 0.6 is 0 Å². The first kappa shape index (κ1) is 28.5. The molecule has 2 heteroatoms. The van der Waals surface area contributed by atoms with Gasteiger partial charge in [-0.05, 0) is 113 Å². The molecule has 0 unspecified atom stereocenters. The molecule has 0 saturated heterocycles. The number of benzene rings is 8. The van der Waals surface area contributed by atoms with E-state index in [1.54, 1.807) is 0 Å². The SMILES string of the molecule is CC1(C)c2cc(-c3ccc(-c4ccc5c6ccccc6c6cccnc6c5n4)cc3)ccc2-c2cc3c4ccccc4c4ccccc4c3cc21. The van der Waals surface area contributed by atoms with Gasteiger partial charge in [-0.25, -0.2) is 4.98 Å². The second-order valence-corrected chi connectivity index (χ2v) is 14.5. The summed E-state index contributed by atoms with van der Waals surface area (Å²) >= 11 is 0. The summed E-state index contributed by atoms with van der Waals surface area (Å²) in [4.78, 5) is 10.00. The summed E-state index contributed by atoms with van der Waals surface area (Å²) in [7, 11) is 0. The van der Waals surface area contributed by atoms with Crippen molar-refractivity contribution in [3.8, 4) is 33.5 Å². The van der Waals surface area contributed by atoms with Crippen LogP contribution < -0.4 is 0 Å². The first-order valence-corrected chi connectivity index (χ1v) is 17.7. The van der Waals surface area contributed by atoms with E-state index in [4.69, 9.17) is 9.97 Å². The van der Waals surface area contributed by atoms with E-state index in [1.165, 1.54) is 76.5 Å². The molecule has 0 amide bonds. The van der Waals surface area contributed by atoms with Crippen molar-refractivity contribution in [3.05, 3.63) is 169 Å². The summed E-state index contributed by atoms with van der Waals surface area (Å²) in [5.41, 5.74) is 11.7. The second-order valence-electron chi connectivity index (χ2n) is 14.5. The van der Waals surface area contributed by atoms with E-state index in [-0.39, 0.29) is 5.41 Å². The van der Waals surface area contributed by atoms with Crippen LogP contribution in [0.15, 0.2) is 158 Å². The zero-order chi connectivity index (χ0) is 33.8. The smallest absolute Gasteiger partial charge is 0.0978 e. The fraction of sp³-hybridized carbons (Fsp3) is 0.0612. The second kappa shape index (κ2) is 10.3. The lowest BCUT2D eigenvalue weighted by atomic mass is 9.80. The highest BCUT2D eigenvalue weighted by atomic mass is 14.8. The van der Waals surface area contributed by atoms with Gasteiger partial charge in [0.25, 0.3) is 0 Å². The number of fused-ring (bicyclic) bond motifs is 15. The fourth-order valence-electron chi connectivity index (χ4n) is 8.93. The van der Waals surface area contributed by atoms with Gasteiger partial charge in [0.15, 0.2) is 0 Å². The molecule has 2 nitrogen and oxygen atoms in total. The third kappa shape index (κ3) is 3.99. The third-order valence-electron chi connectivity index (χ3n) is 11.5. The largest absolute Gasteiger partial charge is 0.254 e. The van der Waals surface area contributed by atoms with E-state index in [1.807, 2.05) is 12.3 Å². The molecule has 0 spiro atoms. The predicted octanol–water partition coefficient (Wildman–Crippen LogP) is 13.0. The van der Waals surface area contributed by atoms with Crippen molar-refractivity contribution >= 4 is 64.9 Å². The van der Waals surface area contributed by atoms with Gasteiger partial charge in [-0.15, -0.1) is 0 Å². The van der Waals surface area contributed by atoms with Crippen LogP contribution in [0.4, 0.5) is 0 Å². The van der Waals surface area contributed by atoms with Gasteiger partial charge in [0.05, 0.1) is 16.7 Å². The molecule has 0 saturated carbocycles. The molecule has 0 atom stereocenters. The monoisotopic (exact) mass is 648 g/mol. The van der Waals surface area contributed by atoms with Gasteiger partial charge in [-0.1, -0.05) is 129 Å². The van der Waals surface area contributed by atoms with Crippen LogP contribution in [0.2, 0.25) is 0 Å². The van der Waals surface area contributed by atoms with E-state index in [2.05, 4.69) is 159 Å². The van der Waals surface area contributed by atoms with Gasteiger partial charge < -0.3 is 0 Å². The van der Waals surface area contributed by atoms with E-state index >= 15 is 0 Å². The highest BCUT2D eigenvalue weighted by molar-refractivity contribution is 6.26. The highest BCUT2D eigenvalue weighted by Crippen LogP contribution is 2.52. The fourth-order valence-corrected chi connectivity index (χ4v) is 8.93. The van der Waals surface area contributed by atoms with Gasteiger partial charge in [0, 0.05) is 27.9 Å². The standard InChI is InChI=1S/C49H32N2/c1-49(2)44-26-31(21-22-38(44)43-27-41-36-14-7-3-10-32(36)33-11-4-8-15-37(33)42(41)28-45(43)49)29-17-19-30(20-18-29)46-24-23-40-35-13-6-5-12-34(35)39-16-9-25-50-47(39)48(40)51-46/h3-28H,1-2H3. The van der Waals surface area contributed by atoms with Crippen LogP contribution in [0, 0.1) is 0 Å². The average molecular weight is 649 g/mol. The van der Waals surface area contributed by atoms with Gasteiger partial charge in [-0.3, -0.25) is 4.98 Å². The maximum Gasteiger partial charge on any atom is 0.0978 e. The minimum absolute atomic E-state index is 0.127. The molecular weight excluding hydrogens is 617 g/mol. The Morgan fingerprint density at radius 1 is 0.373 bits per heavy atom. The van der Waals surface area contributed by atoms with Crippen molar-refractivity contribution in [1.29, 1.82) is 0 Å². The first-order valence-electron chi connectivity index (χ1n) is 17.7. The molecule has 0 N–H and O–H groups in total. The maximum atomic E-state index is 5.21. The summed E-state index contributed by atoms with van der Waals surface area (Å²) in [6, 6.07) is 55.6. The lowest BCUT2D eigenvalue weighted by Gasteiger charge is -2.23. The molecule has 0 radical (unpaired) electrons. The van der Waals surface area contributed by atoms with Gasteiger partial charge in [-0.2, -0.15) is 0 Å². The molecule has 0 fully saturated rings. The van der Waals surface area contributed by atoms with Crippen LogP contribution in [-0.4, -0.2) is 9.97 Å². The van der Waals surface area contributed by atoms with Crippen LogP contribution in [0.5, 0.6) is 0 Å². The summed E-state index contributed by atoms with van der Waals surface area (Å²) in [6.07, 6.45) is 1.86. The summed E-state index contributed by atoms with van der Waals surface area (Å²) in [6.45, 7) is 4.76. The number of hydrogen-bond acceptors (Lipinski definition) is 2. The zero-order valence-corrected chi connectivity index (χ0v) is 28.4. The van der Waals surface area contributed by atoms with Crippen molar-refractivity contribution in [2.24, 2.45) is 0 Å². The molecule has 2 heterocycles. The minimum Gasteiger partial charge on any atom is -0.254 e. The van der Waals surface area contributed by atoms with Gasteiger partial charge in [0.2, 0.25) is 0 Å². The predicted molar refractivity (Wildman–Crippen MR) is 216 cm³/mol. The van der Waals surface area contributed by atoms with Crippen molar-refractivity contribution in [3.63, 3.8) is 0 Å². The molecule has 51 heavy (non-hydrogen) atoms. The molecule has 1 aliphatic rings. The van der Waals surface area contributed by atoms with Crippen molar-refractivity contribution < 1.29 is 0 Å². The molecule has 10 aromatic rings.